The van der Waals surface area contributed by atoms with Crippen LogP contribution in [0.25, 0.3) is 0 Å². The maximum atomic E-state index is 10.2. The summed E-state index contributed by atoms with van der Waals surface area (Å²) in [5.74, 6) is 4.66. The second-order valence-corrected chi connectivity index (χ2v) is 12.3. The number of nitrogens with zero attached hydrogens (tertiary/aromatic N) is 1. The van der Waals surface area contributed by atoms with E-state index in [2.05, 4.69) is 19.9 Å². The van der Waals surface area contributed by atoms with Crippen molar-refractivity contribution in [1.29, 1.82) is 5.26 Å². The minimum Gasteiger partial charge on any atom is -0.198 e. The molecular formula is C31H55N. The first kappa shape index (κ1) is 26.1. The van der Waals surface area contributed by atoms with Crippen LogP contribution in [0.5, 0.6) is 0 Å². The zero-order valence-corrected chi connectivity index (χ0v) is 21.9. The number of unbranched alkanes of at least 4 members (excludes halogenated alkanes) is 6. The Kier molecular flexibility index (Phi) is 11.4. The summed E-state index contributed by atoms with van der Waals surface area (Å²) in [6.45, 7) is 4.62. The van der Waals surface area contributed by atoms with Crippen LogP contribution >= 0.6 is 0 Å². The van der Waals surface area contributed by atoms with Gasteiger partial charge in [0.1, 0.15) is 0 Å². The Hall–Kier alpha value is -0.510. The monoisotopic (exact) mass is 441 g/mol. The molecule has 3 aliphatic rings. The molecule has 0 atom stereocenters. The molecule has 0 radical (unpaired) electrons. The molecule has 0 aromatic carbocycles. The van der Waals surface area contributed by atoms with Gasteiger partial charge in [0, 0.05) is 0 Å². The van der Waals surface area contributed by atoms with Crippen molar-refractivity contribution >= 4 is 0 Å². The van der Waals surface area contributed by atoms with Crippen LogP contribution in [0.15, 0.2) is 0 Å². The summed E-state index contributed by atoms with van der Waals surface area (Å²) < 4.78 is 0. The summed E-state index contributed by atoms with van der Waals surface area (Å²) in [7, 11) is 0. The van der Waals surface area contributed by atoms with E-state index in [0.717, 1.165) is 23.7 Å². The molecule has 0 aromatic heterocycles. The Labute approximate surface area is 201 Å². The third kappa shape index (κ3) is 7.50. The van der Waals surface area contributed by atoms with Crippen LogP contribution in [0, 0.1) is 46.3 Å². The fourth-order valence-corrected chi connectivity index (χ4v) is 7.90. The lowest BCUT2D eigenvalue weighted by molar-refractivity contribution is 0.0646. The summed E-state index contributed by atoms with van der Waals surface area (Å²) in [6, 6.07) is 2.91. The predicted octanol–water partition coefficient (Wildman–Crippen LogP) is 10.2. The first-order valence-corrected chi connectivity index (χ1v) is 15.1. The maximum Gasteiger partial charge on any atom is 0.0692 e. The van der Waals surface area contributed by atoms with Gasteiger partial charge in [0.15, 0.2) is 0 Å². The molecule has 1 nitrogen and oxygen atoms in total. The lowest BCUT2D eigenvalue weighted by atomic mass is 9.58. The van der Waals surface area contributed by atoms with Crippen LogP contribution < -0.4 is 0 Å². The number of hydrogen-bond acceptors (Lipinski definition) is 1. The van der Waals surface area contributed by atoms with Gasteiger partial charge in [-0.25, -0.2) is 0 Å². The minimum absolute atomic E-state index is 0.0433. The van der Waals surface area contributed by atoms with Crippen LogP contribution in [-0.2, 0) is 0 Å². The molecule has 3 aliphatic carbocycles. The van der Waals surface area contributed by atoms with Crippen molar-refractivity contribution in [1.82, 2.24) is 0 Å². The summed E-state index contributed by atoms with van der Waals surface area (Å²) in [4.78, 5) is 0. The van der Waals surface area contributed by atoms with Crippen LogP contribution in [0.2, 0.25) is 0 Å². The second kappa shape index (κ2) is 14.0. The third-order valence-electron chi connectivity index (χ3n) is 10.3. The van der Waals surface area contributed by atoms with E-state index in [1.54, 1.807) is 0 Å². The molecular weight excluding hydrogens is 386 g/mol. The van der Waals surface area contributed by atoms with Crippen molar-refractivity contribution < 1.29 is 0 Å². The van der Waals surface area contributed by atoms with E-state index in [4.69, 9.17) is 0 Å². The highest BCUT2D eigenvalue weighted by Gasteiger charge is 2.44. The molecule has 32 heavy (non-hydrogen) atoms. The number of nitriles is 1. The third-order valence-corrected chi connectivity index (χ3v) is 10.3. The Balaban J connectivity index is 1.35. The van der Waals surface area contributed by atoms with E-state index >= 15 is 0 Å². The first-order valence-electron chi connectivity index (χ1n) is 15.1. The summed E-state index contributed by atoms with van der Waals surface area (Å²) in [5.41, 5.74) is 0.0433. The lowest BCUT2D eigenvalue weighted by Crippen LogP contribution is -2.37. The molecule has 3 fully saturated rings. The Morgan fingerprint density at radius 2 is 1.06 bits per heavy atom. The van der Waals surface area contributed by atoms with Crippen LogP contribution in [-0.4, -0.2) is 0 Å². The largest absolute Gasteiger partial charge is 0.198 e. The van der Waals surface area contributed by atoms with Crippen molar-refractivity contribution in [2.75, 3.05) is 0 Å². The van der Waals surface area contributed by atoms with Gasteiger partial charge in [-0.2, -0.15) is 5.26 Å². The van der Waals surface area contributed by atoms with E-state index < -0.39 is 0 Å². The molecule has 3 saturated carbocycles. The molecule has 0 amide bonds. The summed E-state index contributed by atoms with van der Waals surface area (Å²) in [6.07, 6.45) is 31.0. The van der Waals surface area contributed by atoms with E-state index in [0.29, 0.717) is 5.92 Å². The van der Waals surface area contributed by atoms with Crippen molar-refractivity contribution in [3.63, 3.8) is 0 Å². The molecule has 3 rings (SSSR count). The van der Waals surface area contributed by atoms with Gasteiger partial charge in [-0.05, 0) is 93.8 Å². The number of rotatable bonds is 12. The smallest absolute Gasteiger partial charge is 0.0692 e. The lowest BCUT2D eigenvalue weighted by Gasteiger charge is -2.45. The zero-order valence-electron chi connectivity index (χ0n) is 21.9. The van der Waals surface area contributed by atoms with Gasteiger partial charge in [0.25, 0.3) is 0 Å². The second-order valence-electron chi connectivity index (χ2n) is 12.3. The Bertz CT molecular complexity index is 521. The molecule has 0 saturated heterocycles. The highest BCUT2D eigenvalue weighted by atomic mass is 14.5. The van der Waals surface area contributed by atoms with Crippen molar-refractivity contribution in [3.05, 3.63) is 0 Å². The van der Waals surface area contributed by atoms with Gasteiger partial charge in [-0.3, -0.25) is 0 Å². The molecule has 0 spiro atoms. The fraction of sp³-hybridized carbons (Fsp3) is 0.968. The highest BCUT2D eigenvalue weighted by molar-refractivity contribution is 5.06. The van der Waals surface area contributed by atoms with Crippen LogP contribution in [0.4, 0.5) is 0 Å². The van der Waals surface area contributed by atoms with Crippen molar-refractivity contribution in [2.45, 2.75) is 155 Å². The van der Waals surface area contributed by atoms with Gasteiger partial charge >= 0.3 is 0 Å². The number of hydrogen-bond donors (Lipinski definition) is 0. The molecule has 0 aliphatic heterocycles. The van der Waals surface area contributed by atoms with Crippen molar-refractivity contribution in [3.8, 4) is 6.07 Å². The molecule has 1 heteroatoms. The molecule has 0 N–H and O–H groups in total. The van der Waals surface area contributed by atoms with Crippen LogP contribution in [0.1, 0.15) is 155 Å². The Morgan fingerprint density at radius 3 is 1.62 bits per heavy atom. The van der Waals surface area contributed by atoms with Gasteiger partial charge in [0.2, 0.25) is 0 Å². The van der Waals surface area contributed by atoms with Gasteiger partial charge < -0.3 is 0 Å². The Morgan fingerprint density at radius 1 is 0.594 bits per heavy atom. The van der Waals surface area contributed by atoms with Gasteiger partial charge in [0.05, 0.1) is 11.5 Å². The average Bonchev–Trinajstić information content (AvgIpc) is 2.85. The van der Waals surface area contributed by atoms with Crippen LogP contribution in [0.3, 0.4) is 0 Å². The van der Waals surface area contributed by atoms with Gasteiger partial charge in [-0.1, -0.05) is 90.9 Å². The maximum absolute atomic E-state index is 10.2. The standard InChI is InChI=1S/C31H55N/c1-3-5-7-8-10-12-26-13-15-28(16-14-26)29-17-19-30(20-18-29)31(25-32)23-21-27(22-24-31)11-9-6-4-2/h26-30H,3-24H2,1-2H3. The SMILES string of the molecule is CCCCCCCC1CCC(C2CCC(C3(C#N)CCC(CCCCC)CC3)CC2)CC1. The van der Waals surface area contributed by atoms with Gasteiger partial charge in [-0.15, -0.1) is 0 Å². The summed E-state index contributed by atoms with van der Waals surface area (Å²) in [5, 5.41) is 10.2. The topological polar surface area (TPSA) is 23.8 Å². The highest BCUT2D eigenvalue weighted by Crippen LogP contribution is 2.52. The molecule has 0 aromatic rings. The predicted molar refractivity (Wildman–Crippen MR) is 138 cm³/mol. The van der Waals surface area contributed by atoms with Crippen molar-refractivity contribution in [2.24, 2.45) is 35.0 Å². The minimum atomic E-state index is 0.0433. The first-order chi connectivity index (χ1) is 15.7. The van der Waals surface area contributed by atoms with E-state index in [9.17, 15) is 5.26 Å². The normalized spacial score (nSPS) is 36.0. The zero-order chi connectivity index (χ0) is 22.7. The van der Waals surface area contributed by atoms with E-state index in [1.165, 1.54) is 141 Å². The van der Waals surface area contributed by atoms with E-state index in [-0.39, 0.29) is 5.41 Å². The molecule has 184 valence electrons. The van der Waals surface area contributed by atoms with E-state index in [1.807, 2.05) is 0 Å². The molecule has 0 heterocycles. The summed E-state index contributed by atoms with van der Waals surface area (Å²) >= 11 is 0. The fourth-order valence-electron chi connectivity index (χ4n) is 7.90. The molecule has 0 unspecified atom stereocenters. The quantitative estimate of drug-likeness (QED) is 0.276. The molecule has 0 bridgehead atoms. The average molecular weight is 442 g/mol.